The molecule has 130 valence electrons. The van der Waals surface area contributed by atoms with Crippen LogP contribution < -0.4 is 9.46 Å². The van der Waals surface area contributed by atoms with Crippen LogP contribution in [-0.4, -0.2) is 25.8 Å². The first-order chi connectivity index (χ1) is 11.9. The van der Waals surface area contributed by atoms with E-state index in [1.807, 2.05) is 13.0 Å². The van der Waals surface area contributed by atoms with Crippen molar-refractivity contribution < 1.29 is 17.9 Å². The van der Waals surface area contributed by atoms with Gasteiger partial charge in [-0.25, -0.2) is 13.4 Å². The van der Waals surface area contributed by atoms with Gasteiger partial charge >= 0.3 is 0 Å². The van der Waals surface area contributed by atoms with Crippen molar-refractivity contribution in [1.29, 1.82) is 0 Å². The predicted octanol–water partition coefficient (Wildman–Crippen LogP) is 3.70. The standard InChI is InChI=1S/C17H16N2O4S2/c1-3-23-13-7-8-15-16(10-13)24-17(18-15)19-25(21,22)14-6-4-5-12(9-14)11(2)20/h4-10H,3H2,1-2H3,(H,18,19). The van der Waals surface area contributed by atoms with Crippen LogP contribution in [0.4, 0.5) is 5.13 Å². The number of sulfonamides is 1. The van der Waals surface area contributed by atoms with Crippen LogP contribution in [0.5, 0.6) is 5.75 Å². The molecule has 0 atom stereocenters. The maximum absolute atomic E-state index is 12.5. The number of benzene rings is 2. The van der Waals surface area contributed by atoms with E-state index in [-0.39, 0.29) is 15.8 Å². The normalized spacial score (nSPS) is 11.4. The van der Waals surface area contributed by atoms with E-state index < -0.39 is 10.0 Å². The molecule has 0 amide bonds. The van der Waals surface area contributed by atoms with Crippen molar-refractivity contribution in [1.82, 2.24) is 4.98 Å². The van der Waals surface area contributed by atoms with Gasteiger partial charge in [-0.05, 0) is 44.2 Å². The average Bonchev–Trinajstić information content (AvgIpc) is 2.96. The van der Waals surface area contributed by atoms with Gasteiger partial charge < -0.3 is 4.74 Å². The van der Waals surface area contributed by atoms with Crippen LogP contribution in [0, 0.1) is 0 Å². The van der Waals surface area contributed by atoms with Gasteiger partial charge in [0.25, 0.3) is 10.0 Å². The highest BCUT2D eigenvalue weighted by Gasteiger charge is 2.18. The molecule has 0 aliphatic rings. The number of carbonyl (C=O) groups is 1. The number of aromatic nitrogens is 1. The summed E-state index contributed by atoms with van der Waals surface area (Å²) >= 11 is 1.22. The summed E-state index contributed by atoms with van der Waals surface area (Å²) in [4.78, 5) is 15.8. The second kappa shape index (κ2) is 6.81. The van der Waals surface area contributed by atoms with Gasteiger partial charge in [-0.1, -0.05) is 23.5 Å². The molecule has 0 saturated carbocycles. The molecule has 25 heavy (non-hydrogen) atoms. The number of rotatable bonds is 6. The first-order valence-corrected chi connectivity index (χ1v) is 9.86. The van der Waals surface area contributed by atoms with Crippen LogP contribution >= 0.6 is 11.3 Å². The van der Waals surface area contributed by atoms with Crippen LogP contribution in [-0.2, 0) is 10.0 Å². The van der Waals surface area contributed by atoms with E-state index in [2.05, 4.69) is 9.71 Å². The Hall–Kier alpha value is -2.45. The van der Waals surface area contributed by atoms with E-state index in [0.29, 0.717) is 23.4 Å². The number of ketones is 1. The number of ether oxygens (including phenoxy) is 1. The molecule has 0 radical (unpaired) electrons. The molecule has 3 aromatic rings. The molecule has 0 aliphatic heterocycles. The number of hydrogen-bond acceptors (Lipinski definition) is 6. The lowest BCUT2D eigenvalue weighted by Crippen LogP contribution is -2.13. The number of thiazole rings is 1. The fraction of sp³-hybridized carbons (Fsp3) is 0.176. The Morgan fingerprint density at radius 3 is 2.76 bits per heavy atom. The van der Waals surface area contributed by atoms with Gasteiger partial charge in [0.2, 0.25) is 0 Å². The number of hydrogen-bond donors (Lipinski definition) is 1. The highest BCUT2D eigenvalue weighted by molar-refractivity contribution is 7.93. The summed E-state index contributed by atoms with van der Waals surface area (Å²) in [6.45, 7) is 3.84. The summed E-state index contributed by atoms with van der Waals surface area (Å²) < 4.78 is 33.8. The van der Waals surface area contributed by atoms with E-state index in [9.17, 15) is 13.2 Å². The molecule has 3 rings (SSSR count). The van der Waals surface area contributed by atoms with E-state index in [0.717, 1.165) is 4.70 Å². The number of Topliss-reactive ketones (excluding diaryl/α,β-unsaturated/α-hetero) is 1. The second-order valence-corrected chi connectivity index (χ2v) is 7.98. The monoisotopic (exact) mass is 376 g/mol. The zero-order valence-corrected chi connectivity index (χ0v) is 15.3. The lowest BCUT2D eigenvalue weighted by Gasteiger charge is -2.06. The van der Waals surface area contributed by atoms with Gasteiger partial charge in [-0.3, -0.25) is 9.52 Å². The molecule has 1 heterocycles. The Morgan fingerprint density at radius 1 is 1.24 bits per heavy atom. The van der Waals surface area contributed by atoms with Crippen LogP contribution in [0.15, 0.2) is 47.4 Å². The smallest absolute Gasteiger partial charge is 0.263 e. The van der Waals surface area contributed by atoms with Gasteiger partial charge in [-0.15, -0.1) is 0 Å². The summed E-state index contributed by atoms with van der Waals surface area (Å²) in [5.74, 6) is 0.516. The highest BCUT2D eigenvalue weighted by Crippen LogP contribution is 2.30. The van der Waals surface area contributed by atoms with Crippen molar-refractivity contribution in [2.45, 2.75) is 18.7 Å². The fourth-order valence-corrected chi connectivity index (χ4v) is 4.44. The van der Waals surface area contributed by atoms with Gasteiger partial charge in [-0.2, -0.15) is 0 Å². The summed E-state index contributed by atoms with van der Waals surface area (Å²) in [6, 6.07) is 11.3. The third-order valence-corrected chi connectivity index (χ3v) is 5.84. The Kier molecular flexibility index (Phi) is 4.73. The zero-order valence-electron chi connectivity index (χ0n) is 13.6. The van der Waals surface area contributed by atoms with Crippen molar-refractivity contribution in [3.63, 3.8) is 0 Å². The first-order valence-electron chi connectivity index (χ1n) is 7.56. The summed E-state index contributed by atoms with van der Waals surface area (Å²) in [7, 11) is -3.82. The van der Waals surface area contributed by atoms with Crippen LogP contribution in [0.1, 0.15) is 24.2 Å². The maximum Gasteiger partial charge on any atom is 0.263 e. The van der Waals surface area contributed by atoms with Crippen LogP contribution in [0.3, 0.4) is 0 Å². The van der Waals surface area contributed by atoms with E-state index in [4.69, 9.17) is 4.74 Å². The molecular formula is C17H16N2O4S2. The molecular weight excluding hydrogens is 360 g/mol. The summed E-state index contributed by atoms with van der Waals surface area (Å²) in [6.07, 6.45) is 0. The molecule has 8 heteroatoms. The molecule has 0 spiro atoms. The number of carbonyl (C=O) groups excluding carboxylic acids is 1. The quantitative estimate of drug-likeness (QED) is 0.663. The minimum absolute atomic E-state index is 0.0226. The first kappa shape index (κ1) is 17.4. The number of fused-ring (bicyclic) bond motifs is 1. The molecule has 0 aliphatic carbocycles. The summed E-state index contributed by atoms with van der Waals surface area (Å²) in [5.41, 5.74) is 1.03. The minimum atomic E-state index is -3.82. The van der Waals surface area contributed by atoms with E-state index >= 15 is 0 Å². The van der Waals surface area contributed by atoms with Crippen molar-refractivity contribution >= 4 is 42.5 Å². The predicted molar refractivity (Wildman–Crippen MR) is 98.0 cm³/mol. The van der Waals surface area contributed by atoms with Gasteiger partial charge in [0.1, 0.15) is 5.75 Å². The maximum atomic E-state index is 12.5. The lowest BCUT2D eigenvalue weighted by atomic mass is 10.2. The number of nitrogens with zero attached hydrogens (tertiary/aromatic N) is 1. The van der Waals surface area contributed by atoms with Crippen molar-refractivity contribution in [2.75, 3.05) is 11.3 Å². The second-order valence-electron chi connectivity index (χ2n) is 5.27. The number of anilines is 1. The number of nitrogens with one attached hydrogen (secondary N) is 1. The third kappa shape index (κ3) is 3.80. The van der Waals surface area contributed by atoms with Gasteiger partial charge in [0.15, 0.2) is 10.9 Å². The van der Waals surface area contributed by atoms with Gasteiger partial charge in [0.05, 0.1) is 21.7 Å². The van der Waals surface area contributed by atoms with Gasteiger partial charge in [0, 0.05) is 5.56 Å². The SMILES string of the molecule is CCOc1ccc2nc(NS(=O)(=O)c3cccc(C(C)=O)c3)sc2c1. The summed E-state index contributed by atoms with van der Waals surface area (Å²) in [5, 5.41) is 0.261. The van der Waals surface area contributed by atoms with E-state index in [1.54, 1.807) is 18.2 Å². The van der Waals surface area contributed by atoms with Crippen molar-refractivity contribution in [3.8, 4) is 5.75 Å². The molecule has 1 N–H and O–H groups in total. The third-order valence-electron chi connectivity index (χ3n) is 3.44. The lowest BCUT2D eigenvalue weighted by molar-refractivity contribution is 0.101. The molecule has 0 saturated heterocycles. The molecule has 0 fully saturated rings. The minimum Gasteiger partial charge on any atom is -0.494 e. The van der Waals surface area contributed by atoms with Crippen LogP contribution in [0.25, 0.3) is 10.2 Å². The fourth-order valence-electron chi connectivity index (χ4n) is 2.26. The molecule has 0 bridgehead atoms. The zero-order chi connectivity index (χ0) is 18.0. The Morgan fingerprint density at radius 2 is 2.04 bits per heavy atom. The van der Waals surface area contributed by atoms with Crippen LogP contribution in [0.2, 0.25) is 0 Å². The Labute approximate surface area is 149 Å². The van der Waals surface area contributed by atoms with E-state index in [1.165, 1.54) is 36.5 Å². The highest BCUT2D eigenvalue weighted by atomic mass is 32.2. The Balaban J connectivity index is 1.91. The average molecular weight is 376 g/mol. The Bertz CT molecular complexity index is 1040. The molecule has 1 aromatic heterocycles. The largest absolute Gasteiger partial charge is 0.494 e. The molecule has 2 aromatic carbocycles. The molecule has 0 unspecified atom stereocenters. The van der Waals surface area contributed by atoms with Crippen molar-refractivity contribution in [2.24, 2.45) is 0 Å². The molecule has 6 nitrogen and oxygen atoms in total. The van der Waals surface area contributed by atoms with Crippen molar-refractivity contribution in [3.05, 3.63) is 48.0 Å². The topological polar surface area (TPSA) is 85.4 Å².